The first-order valence-electron chi connectivity index (χ1n) is 7.21. The molecular weight excluding hydrogens is 286 g/mol. The van der Waals surface area contributed by atoms with E-state index in [1.807, 2.05) is 26.0 Å². The molecular formula is C16H23NO5. The van der Waals surface area contributed by atoms with Crippen LogP contribution in [0.1, 0.15) is 19.4 Å². The van der Waals surface area contributed by atoms with Crippen molar-refractivity contribution in [1.29, 1.82) is 0 Å². The van der Waals surface area contributed by atoms with Crippen LogP contribution in [0.2, 0.25) is 0 Å². The van der Waals surface area contributed by atoms with Gasteiger partial charge in [0.25, 0.3) is 5.91 Å². The van der Waals surface area contributed by atoms with Gasteiger partial charge in [0.2, 0.25) is 0 Å². The standard InChI is InChI=1S/C16H23NO5/c1-16(2)8-11-6-5-7-12(15(11)22-16)21-10-13(18)17-9-14(19-3)20-4/h5-7,14H,8-10H2,1-4H3,(H,17,18). The molecule has 6 heteroatoms. The minimum absolute atomic E-state index is 0.0829. The van der Waals surface area contributed by atoms with Crippen LogP contribution in [-0.4, -0.2) is 45.2 Å². The number of fused-ring (bicyclic) bond motifs is 1. The lowest BCUT2D eigenvalue weighted by molar-refractivity contribution is -0.129. The quantitative estimate of drug-likeness (QED) is 0.774. The van der Waals surface area contributed by atoms with Gasteiger partial charge in [0.05, 0.1) is 6.54 Å². The Morgan fingerprint density at radius 1 is 1.36 bits per heavy atom. The molecule has 1 aliphatic heterocycles. The van der Waals surface area contributed by atoms with Crippen molar-refractivity contribution in [3.05, 3.63) is 23.8 Å². The summed E-state index contributed by atoms with van der Waals surface area (Å²) in [5, 5.41) is 2.68. The summed E-state index contributed by atoms with van der Waals surface area (Å²) in [4.78, 5) is 11.8. The molecule has 0 unspecified atom stereocenters. The molecule has 0 spiro atoms. The maximum Gasteiger partial charge on any atom is 0.258 e. The number of benzene rings is 1. The van der Waals surface area contributed by atoms with Gasteiger partial charge in [0, 0.05) is 26.2 Å². The van der Waals surface area contributed by atoms with Gasteiger partial charge in [-0.25, -0.2) is 0 Å². The van der Waals surface area contributed by atoms with Crippen LogP contribution in [0.15, 0.2) is 18.2 Å². The highest BCUT2D eigenvalue weighted by Gasteiger charge is 2.32. The first-order chi connectivity index (χ1) is 10.4. The Labute approximate surface area is 130 Å². The second-order valence-corrected chi connectivity index (χ2v) is 5.78. The zero-order valence-electron chi connectivity index (χ0n) is 13.5. The third-order valence-corrected chi connectivity index (χ3v) is 3.41. The fourth-order valence-electron chi connectivity index (χ4n) is 2.36. The monoisotopic (exact) mass is 309 g/mol. The molecule has 0 atom stereocenters. The van der Waals surface area contributed by atoms with Crippen LogP contribution >= 0.6 is 0 Å². The van der Waals surface area contributed by atoms with Crippen LogP contribution in [0.5, 0.6) is 11.5 Å². The minimum atomic E-state index is -0.464. The van der Waals surface area contributed by atoms with Gasteiger partial charge in [-0.05, 0) is 19.9 Å². The number of para-hydroxylation sites is 1. The molecule has 1 amide bonds. The van der Waals surface area contributed by atoms with E-state index >= 15 is 0 Å². The molecule has 0 aromatic heterocycles. The number of ether oxygens (including phenoxy) is 4. The molecule has 22 heavy (non-hydrogen) atoms. The number of rotatable bonds is 7. The smallest absolute Gasteiger partial charge is 0.258 e. The number of carbonyl (C=O) groups is 1. The van der Waals surface area contributed by atoms with Gasteiger partial charge < -0.3 is 24.3 Å². The first-order valence-corrected chi connectivity index (χ1v) is 7.21. The Morgan fingerprint density at radius 3 is 2.77 bits per heavy atom. The van der Waals surface area contributed by atoms with E-state index in [1.165, 1.54) is 14.2 Å². The topological polar surface area (TPSA) is 66.0 Å². The van der Waals surface area contributed by atoms with E-state index in [2.05, 4.69) is 5.32 Å². The predicted octanol–water partition coefficient (Wildman–Crippen LogP) is 1.51. The van der Waals surface area contributed by atoms with Crippen molar-refractivity contribution in [1.82, 2.24) is 5.32 Å². The highest BCUT2D eigenvalue weighted by molar-refractivity contribution is 5.77. The van der Waals surface area contributed by atoms with Crippen molar-refractivity contribution in [3.63, 3.8) is 0 Å². The van der Waals surface area contributed by atoms with Crippen molar-refractivity contribution in [2.75, 3.05) is 27.4 Å². The van der Waals surface area contributed by atoms with E-state index in [-0.39, 0.29) is 24.7 Å². The molecule has 1 aliphatic rings. The van der Waals surface area contributed by atoms with E-state index < -0.39 is 6.29 Å². The SMILES string of the molecule is COC(CNC(=O)COc1cccc2c1OC(C)(C)C2)OC. The number of hydrogen-bond acceptors (Lipinski definition) is 5. The molecule has 0 saturated heterocycles. The summed E-state index contributed by atoms with van der Waals surface area (Å²) >= 11 is 0. The summed E-state index contributed by atoms with van der Waals surface area (Å²) < 4.78 is 21.5. The van der Waals surface area contributed by atoms with E-state index in [0.717, 1.165) is 17.7 Å². The number of hydrogen-bond donors (Lipinski definition) is 1. The molecule has 0 saturated carbocycles. The van der Waals surface area contributed by atoms with Crippen molar-refractivity contribution < 1.29 is 23.7 Å². The van der Waals surface area contributed by atoms with Crippen molar-refractivity contribution in [3.8, 4) is 11.5 Å². The van der Waals surface area contributed by atoms with Gasteiger partial charge in [-0.15, -0.1) is 0 Å². The van der Waals surface area contributed by atoms with Crippen LogP contribution in [0.4, 0.5) is 0 Å². The molecule has 0 radical (unpaired) electrons. The summed E-state index contributed by atoms with van der Waals surface area (Å²) in [6.07, 6.45) is 0.365. The fraction of sp³-hybridized carbons (Fsp3) is 0.562. The van der Waals surface area contributed by atoms with Crippen molar-refractivity contribution in [2.45, 2.75) is 32.2 Å². The van der Waals surface area contributed by atoms with Crippen molar-refractivity contribution in [2.24, 2.45) is 0 Å². The molecule has 0 bridgehead atoms. The number of carbonyl (C=O) groups excluding carboxylic acids is 1. The molecule has 0 fully saturated rings. The normalized spacial score (nSPS) is 15.3. The first kappa shape index (κ1) is 16.6. The van der Waals surface area contributed by atoms with Crippen LogP contribution < -0.4 is 14.8 Å². The maximum absolute atomic E-state index is 11.8. The Kier molecular flexibility index (Phi) is 5.26. The van der Waals surface area contributed by atoms with Gasteiger partial charge in [-0.3, -0.25) is 4.79 Å². The summed E-state index contributed by atoms with van der Waals surface area (Å²) in [6.45, 7) is 4.24. The molecule has 2 rings (SSSR count). The van der Waals surface area contributed by atoms with E-state index in [9.17, 15) is 4.79 Å². The predicted molar refractivity (Wildman–Crippen MR) is 81.2 cm³/mol. The van der Waals surface area contributed by atoms with Crippen LogP contribution in [0.3, 0.4) is 0 Å². The van der Waals surface area contributed by atoms with E-state index in [0.29, 0.717) is 5.75 Å². The molecule has 122 valence electrons. The lowest BCUT2D eigenvalue weighted by Gasteiger charge is -2.18. The second kappa shape index (κ2) is 6.98. The average Bonchev–Trinajstić information content (AvgIpc) is 2.80. The molecule has 1 N–H and O–H groups in total. The van der Waals surface area contributed by atoms with Gasteiger partial charge in [0.15, 0.2) is 24.4 Å². The Bertz CT molecular complexity index is 525. The third kappa shape index (κ3) is 4.11. The second-order valence-electron chi connectivity index (χ2n) is 5.78. The average molecular weight is 309 g/mol. The maximum atomic E-state index is 11.8. The molecule has 1 aromatic rings. The lowest BCUT2D eigenvalue weighted by atomic mass is 10.0. The lowest BCUT2D eigenvalue weighted by Crippen LogP contribution is -2.36. The molecule has 1 heterocycles. The zero-order valence-corrected chi connectivity index (χ0v) is 13.5. The van der Waals surface area contributed by atoms with Gasteiger partial charge in [0.1, 0.15) is 5.60 Å². The van der Waals surface area contributed by atoms with Gasteiger partial charge in [-0.2, -0.15) is 0 Å². The highest BCUT2D eigenvalue weighted by Crippen LogP contribution is 2.41. The largest absolute Gasteiger partial charge is 0.483 e. The Balaban J connectivity index is 1.88. The van der Waals surface area contributed by atoms with E-state index in [1.54, 1.807) is 6.07 Å². The van der Waals surface area contributed by atoms with E-state index in [4.69, 9.17) is 18.9 Å². The summed E-state index contributed by atoms with van der Waals surface area (Å²) in [5.41, 5.74) is 0.857. The van der Waals surface area contributed by atoms with Crippen LogP contribution in [0.25, 0.3) is 0 Å². The van der Waals surface area contributed by atoms with Crippen molar-refractivity contribution >= 4 is 5.91 Å². The number of nitrogens with one attached hydrogen (secondary N) is 1. The summed E-state index contributed by atoms with van der Waals surface area (Å²) in [7, 11) is 3.03. The minimum Gasteiger partial charge on any atom is -0.483 e. The third-order valence-electron chi connectivity index (χ3n) is 3.41. The van der Waals surface area contributed by atoms with Crippen LogP contribution in [0, 0.1) is 0 Å². The molecule has 0 aliphatic carbocycles. The Morgan fingerprint density at radius 2 is 2.09 bits per heavy atom. The van der Waals surface area contributed by atoms with Gasteiger partial charge >= 0.3 is 0 Å². The molecule has 6 nitrogen and oxygen atoms in total. The highest BCUT2D eigenvalue weighted by atomic mass is 16.7. The number of amides is 1. The zero-order chi connectivity index (χ0) is 16.2. The molecule has 1 aromatic carbocycles. The Hall–Kier alpha value is -1.79. The van der Waals surface area contributed by atoms with Crippen LogP contribution in [-0.2, 0) is 20.7 Å². The summed E-state index contributed by atoms with van der Waals surface area (Å²) in [5.74, 6) is 1.08. The number of methoxy groups -OCH3 is 2. The van der Waals surface area contributed by atoms with Gasteiger partial charge in [-0.1, -0.05) is 12.1 Å². The summed E-state index contributed by atoms with van der Waals surface area (Å²) in [6, 6.07) is 5.72. The fourth-order valence-corrected chi connectivity index (χ4v) is 2.36.